The van der Waals surface area contributed by atoms with Crippen LogP contribution < -0.4 is 5.09 Å². The minimum Gasteiger partial charge on any atom is -0.466 e. The van der Waals surface area contributed by atoms with Crippen LogP contribution in [0.3, 0.4) is 0 Å². The Morgan fingerprint density at radius 2 is 2.48 bits per heavy atom. The number of aliphatic imine (C=N–C) groups is 1. The van der Waals surface area contributed by atoms with E-state index in [1.54, 1.807) is 17.5 Å². The highest BCUT2D eigenvalue weighted by molar-refractivity contribution is 7.29. The summed E-state index contributed by atoms with van der Waals surface area (Å²) in [7, 11) is 1.66. The first kappa shape index (κ1) is 16.5. The predicted octanol–water partition coefficient (Wildman–Crippen LogP) is 1.54. The Morgan fingerprint density at radius 1 is 1.61 bits per heavy atom. The van der Waals surface area contributed by atoms with Crippen LogP contribution in [0.1, 0.15) is 18.4 Å². The molecule has 1 saturated heterocycles. The monoisotopic (exact) mass is 354 g/mol. The average Bonchev–Trinajstić information content (AvgIpc) is 3.23. The summed E-state index contributed by atoms with van der Waals surface area (Å²) in [4.78, 5) is 23.0. The fourth-order valence-electron chi connectivity index (χ4n) is 2.69. The van der Waals surface area contributed by atoms with Gasteiger partial charge in [0.05, 0.1) is 28.2 Å². The summed E-state index contributed by atoms with van der Waals surface area (Å²) in [5.74, 6) is 0.534. The molecule has 1 aromatic heterocycles. The number of nitrogens with one attached hydrogen (secondary N) is 1. The highest BCUT2D eigenvalue weighted by atomic mass is 32.1. The largest absolute Gasteiger partial charge is 0.466 e. The Bertz CT molecular complexity index is 632. The van der Waals surface area contributed by atoms with Crippen molar-refractivity contribution in [3.05, 3.63) is 27.9 Å². The SMILES string of the molecule is CCOPN[C@H]1CC2=C(C(=O)OC)CN=C(c3nccs3)N2C1. The van der Waals surface area contributed by atoms with Gasteiger partial charge in [-0.05, 0) is 6.92 Å². The van der Waals surface area contributed by atoms with Crippen molar-refractivity contribution in [2.75, 3.05) is 26.8 Å². The molecule has 124 valence electrons. The molecular weight excluding hydrogens is 335 g/mol. The molecule has 0 radical (unpaired) electrons. The molecule has 2 aliphatic heterocycles. The Morgan fingerprint density at radius 3 is 3.17 bits per heavy atom. The van der Waals surface area contributed by atoms with Crippen molar-refractivity contribution < 1.29 is 14.1 Å². The van der Waals surface area contributed by atoms with E-state index < -0.39 is 0 Å². The standard InChI is InChI=1S/C14H19N4O3PS/c1-3-21-22-17-9-6-11-10(14(19)20-2)7-16-12(18(11)8-9)13-15-4-5-23-13/h4-5,9,17,22H,3,6-8H2,1-2H3/t9-/m0/s1. The van der Waals surface area contributed by atoms with Gasteiger partial charge in [0.1, 0.15) is 0 Å². The third-order valence-electron chi connectivity index (χ3n) is 3.69. The molecule has 1 unspecified atom stereocenters. The normalized spacial score (nSPS) is 21.0. The summed E-state index contributed by atoms with van der Waals surface area (Å²) in [5, 5.41) is 6.19. The zero-order chi connectivity index (χ0) is 16.2. The zero-order valence-corrected chi connectivity index (χ0v) is 14.9. The average molecular weight is 354 g/mol. The number of thiazole rings is 1. The van der Waals surface area contributed by atoms with Crippen LogP contribution in [0, 0.1) is 0 Å². The number of ether oxygens (including phenoxy) is 1. The molecule has 9 heteroatoms. The van der Waals surface area contributed by atoms with Crippen LogP contribution in [0.5, 0.6) is 0 Å². The minimum atomic E-state index is -0.306. The van der Waals surface area contributed by atoms with E-state index >= 15 is 0 Å². The fourth-order valence-corrected chi connectivity index (χ4v) is 3.93. The maximum Gasteiger partial charge on any atom is 0.337 e. The van der Waals surface area contributed by atoms with E-state index in [1.807, 2.05) is 12.3 Å². The molecule has 7 nitrogen and oxygen atoms in total. The van der Waals surface area contributed by atoms with Crippen molar-refractivity contribution in [2.45, 2.75) is 19.4 Å². The molecule has 0 saturated carbocycles. The van der Waals surface area contributed by atoms with E-state index in [0.29, 0.717) is 18.7 Å². The highest BCUT2D eigenvalue weighted by Gasteiger charge is 2.37. The van der Waals surface area contributed by atoms with Gasteiger partial charge >= 0.3 is 5.97 Å². The van der Waals surface area contributed by atoms with Gasteiger partial charge < -0.3 is 14.2 Å². The molecule has 0 aliphatic carbocycles. The number of amidine groups is 1. The summed E-state index contributed by atoms with van der Waals surface area (Å²) < 4.78 is 10.3. The van der Waals surface area contributed by atoms with Crippen molar-refractivity contribution in [1.82, 2.24) is 15.0 Å². The summed E-state index contributed by atoms with van der Waals surface area (Å²) in [6.07, 6.45) is 2.53. The summed E-state index contributed by atoms with van der Waals surface area (Å²) in [6.45, 7) is 3.74. The second-order valence-corrected chi connectivity index (χ2v) is 6.76. The minimum absolute atomic E-state index is 0.220. The predicted molar refractivity (Wildman–Crippen MR) is 90.7 cm³/mol. The van der Waals surface area contributed by atoms with Crippen molar-refractivity contribution in [2.24, 2.45) is 4.99 Å². The van der Waals surface area contributed by atoms with Crippen LogP contribution in [-0.2, 0) is 14.1 Å². The molecular formula is C14H19N4O3PS. The molecule has 23 heavy (non-hydrogen) atoms. The van der Waals surface area contributed by atoms with Gasteiger partial charge in [0.15, 0.2) is 10.8 Å². The lowest BCUT2D eigenvalue weighted by Crippen LogP contribution is -2.36. The van der Waals surface area contributed by atoms with Gasteiger partial charge in [-0.2, -0.15) is 0 Å². The molecule has 1 N–H and O–H groups in total. The number of hydrogen-bond donors (Lipinski definition) is 1. The quantitative estimate of drug-likeness (QED) is 0.474. The number of aromatic nitrogens is 1. The first-order valence-corrected chi connectivity index (χ1v) is 9.17. The number of rotatable bonds is 6. The van der Waals surface area contributed by atoms with Crippen molar-refractivity contribution in [1.29, 1.82) is 0 Å². The second-order valence-electron chi connectivity index (χ2n) is 5.08. The van der Waals surface area contributed by atoms with E-state index in [1.165, 1.54) is 7.11 Å². The molecule has 3 rings (SSSR count). The van der Waals surface area contributed by atoms with E-state index in [-0.39, 0.29) is 21.0 Å². The smallest absolute Gasteiger partial charge is 0.337 e. The molecule has 2 aliphatic rings. The summed E-state index contributed by atoms with van der Waals surface area (Å²) in [5.41, 5.74) is 1.62. The maximum atomic E-state index is 12.0. The van der Waals surface area contributed by atoms with Gasteiger partial charge in [-0.1, -0.05) is 0 Å². The lowest BCUT2D eigenvalue weighted by atomic mass is 10.1. The van der Waals surface area contributed by atoms with Crippen LogP contribution in [0.25, 0.3) is 0 Å². The van der Waals surface area contributed by atoms with Gasteiger partial charge in [-0.15, -0.1) is 11.3 Å². The van der Waals surface area contributed by atoms with Gasteiger partial charge in [0, 0.05) is 42.9 Å². The molecule has 1 fully saturated rings. The Balaban J connectivity index is 1.83. The van der Waals surface area contributed by atoms with E-state index in [2.05, 4.69) is 20.0 Å². The molecule has 3 heterocycles. The van der Waals surface area contributed by atoms with Gasteiger partial charge in [-0.25, -0.2) is 9.78 Å². The number of carbonyl (C=O) groups is 1. The Labute approximate surface area is 140 Å². The molecule has 0 aromatic carbocycles. The highest BCUT2D eigenvalue weighted by Crippen LogP contribution is 2.32. The lowest BCUT2D eigenvalue weighted by molar-refractivity contribution is -0.136. The molecule has 1 aromatic rings. The van der Waals surface area contributed by atoms with E-state index in [0.717, 1.165) is 29.5 Å². The van der Waals surface area contributed by atoms with Gasteiger partial charge in [0.2, 0.25) is 0 Å². The van der Waals surface area contributed by atoms with Crippen molar-refractivity contribution in [3.63, 3.8) is 0 Å². The van der Waals surface area contributed by atoms with Crippen LogP contribution in [0.15, 0.2) is 27.8 Å². The summed E-state index contributed by atoms with van der Waals surface area (Å²) >= 11 is 1.55. The first-order valence-electron chi connectivity index (χ1n) is 7.39. The number of fused-ring (bicyclic) bond motifs is 1. The molecule has 0 bridgehead atoms. The van der Waals surface area contributed by atoms with E-state index in [4.69, 9.17) is 9.26 Å². The molecule has 2 atom stereocenters. The van der Waals surface area contributed by atoms with Crippen LogP contribution in [0.2, 0.25) is 0 Å². The van der Waals surface area contributed by atoms with Crippen LogP contribution in [0.4, 0.5) is 0 Å². The number of nitrogens with zero attached hydrogens (tertiary/aromatic N) is 3. The maximum absolute atomic E-state index is 12.0. The van der Waals surface area contributed by atoms with Crippen LogP contribution in [-0.4, -0.2) is 54.5 Å². The summed E-state index contributed by atoms with van der Waals surface area (Å²) in [6, 6.07) is 0.220. The number of methoxy groups -OCH3 is 1. The number of hydrogen-bond acceptors (Lipinski definition) is 8. The number of esters is 1. The van der Waals surface area contributed by atoms with Crippen molar-refractivity contribution >= 4 is 32.1 Å². The van der Waals surface area contributed by atoms with Gasteiger partial charge in [-0.3, -0.25) is 10.1 Å². The Kier molecular flexibility index (Phi) is 5.38. The molecule has 0 amide bonds. The first-order chi connectivity index (χ1) is 11.2. The van der Waals surface area contributed by atoms with Crippen LogP contribution >= 0.6 is 20.3 Å². The topological polar surface area (TPSA) is 76.0 Å². The second kappa shape index (κ2) is 7.49. The molecule has 0 spiro atoms. The number of carbonyl (C=O) groups excluding carboxylic acids is 1. The fraction of sp³-hybridized carbons (Fsp3) is 0.500. The third-order valence-corrected chi connectivity index (χ3v) is 5.42. The van der Waals surface area contributed by atoms with E-state index in [9.17, 15) is 4.79 Å². The zero-order valence-electron chi connectivity index (χ0n) is 13.0. The Hall–Kier alpha value is -1.34. The third kappa shape index (κ3) is 3.45. The van der Waals surface area contributed by atoms with Crippen molar-refractivity contribution in [3.8, 4) is 0 Å². The lowest BCUT2D eigenvalue weighted by Gasteiger charge is -2.26. The van der Waals surface area contributed by atoms with Gasteiger partial charge in [0.25, 0.3) is 0 Å².